The molecule has 7 heteroatoms. The van der Waals surface area contributed by atoms with Gasteiger partial charge in [0.15, 0.2) is 23.0 Å². The third-order valence-corrected chi connectivity index (χ3v) is 5.01. The Labute approximate surface area is 164 Å². The van der Waals surface area contributed by atoms with Crippen LogP contribution in [-0.4, -0.2) is 53.1 Å². The number of ether oxygens (including phenoxy) is 5. The van der Waals surface area contributed by atoms with E-state index in [4.69, 9.17) is 23.7 Å². The van der Waals surface area contributed by atoms with E-state index in [-0.39, 0.29) is 12.1 Å². The maximum Gasteiger partial charge on any atom is 0.410 e. The summed E-state index contributed by atoms with van der Waals surface area (Å²) in [7, 11) is 7.77. The lowest BCUT2D eigenvalue weighted by atomic mass is 9.87. The molecule has 0 aromatic heterocycles. The molecule has 1 heterocycles. The minimum atomic E-state index is -0.389. The molecule has 2 aromatic carbocycles. The number of carbonyl (C=O) groups excluding carboxylic acids is 1. The summed E-state index contributed by atoms with van der Waals surface area (Å²) in [5.41, 5.74) is 2.94. The molecule has 0 fully saturated rings. The molecule has 1 aliphatic rings. The Bertz CT molecular complexity index is 866. The summed E-state index contributed by atoms with van der Waals surface area (Å²) in [6, 6.07) is 9.18. The second-order valence-electron chi connectivity index (χ2n) is 6.34. The number of fused-ring (bicyclic) bond motifs is 1. The Balaban J connectivity index is 2.18. The fourth-order valence-corrected chi connectivity index (χ4v) is 3.64. The molecular weight excluding hydrogens is 362 g/mol. The molecular formula is C21H25NO6. The lowest BCUT2D eigenvalue weighted by molar-refractivity contribution is 0.109. The molecule has 28 heavy (non-hydrogen) atoms. The Hall–Kier alpha value is -3.09. The van der Waals surface area contributed by atoms with E-state index in [1.165, 1.54) is 7.11 Å². The molecule has 0 saturated heterocycles. The van der Waals surface area contributed by atoms with Gasteiger partial charge in [0.25, 0.3) is 0 Å². The van der Waals surface area contributed by atoms with Crippen LogP contribution < -0.4 is 18.9 Å². The maximum atomic E-state index is 12.5. The second-order valence-corrected chi connectivity index (χ2v) is 6.34. The van der Waals surface area contributed by atoms with Gasteiger partial charge in [-0.1, -0.05) is 6.07 Å². The lowest BCUT2D eigenvalue weighted by Gasteiger charge is -2.37. The Morgan fingerprint density at radius 2 is 1.46 bits per heavy atom. The van der Waals surface area contributed by atoms with Gasteiger partial charge in [0.2, 0.25) is 0 Å². The number of benzene rings is 2. The van der Waals surface area contributed by atoms with Crippen LogP contribution in [0.15, 0.2) is 30.3 Å². The highest BCUT2D eigenvalue weighted by atomic mass is 16.5. The summed E-state index contributed by atoms with van der Waals surface area (Å²) in [6.45, 7) is 0.522. The van der Waals surface area contributed by atoms with E-state index >= 15 is 0 Å². The standard InChI is InChI=1S/C21H25NO6/c1-24-16-7-6-14(11-17(16)25-2)20-15-12-19(27-4)18(26-3)10-13(15)8-9-22(20)21(23)28-5/h6-7,10-12,20H,8-9H2,1-5H3/t20-/m0/s1. The van der Waals surface area contributed by atoms with Crippen molar-refractivity contribution in [2.45, 2.75) is 12.5 Å². The second kappa shape index (κ2) is 8.29. The fraction of sp³-hybridized carbons (Fsp3) is 0.381. The van der Waals surface area contributed by atoms with Crippen LogP contribution in [0.2, 0.25) is 0 Å². The summed E-state index contributed by atoms with van der Waals surface area (Å²) in [4.78, 5) is 14.2. The molecule has 7 nitrogen and oxygen atoms in total. The van der Waals surface area contributed by atoms with Crippen LogP contribution in [0.25, 0.3) is 0 Å². The highest BCUT2D eigenvalue weighted by Crippen LogP contribution is 2.42. The van der Waals surface area contributed by atoms with E-state index in [1.54, 1.807) is 33.3 Å². The smallest absolute Gasteiger partial charge is 0.410 e. The van der Waals surface area contributed by atoms with Gasteiger partial charge in [-0.3, -0.25) is 4.90 Å². The Kier molecular flexibility index (Phi) is 5.82. The molecule has 2 aromatic rings. The number of carbonyl (C=O) groups is 1. The predicted molar refractivity (Wildman–Crippen MR) is 104 cm³/mol. The van der Waals surface area contributed by atoms with Crippen molar-refractivity contribution in [2.75, 3.05) is 42.1 Å². The highest BCUT2D eigenvalue weighted by Gasteiger charge is 2.34. The molecule has 0 aliphatic carbocycles. The monoisotopic (exact) mass is 387 g/mol. The first kappa shape index (κ1) is 19.7. The molecule has 3 rings (SSSR count). The van der Waals surface area contributed by atoms with Gasteiger partial charge in [-0.25, -0.2) is 4.79 Å². The van der Waals surface area contributed by atoms with Crippen molar-refractivity contribution >= 4 is 6.09 Å². The number of hydrogen-bond acceptors (Lipinski definition) is 6. The fourth-order valence-electron chi connectivity index (χ4n) is 3.64. The number of rotatable bonds is 5. The molecule has 0 bridgehead atoms. The van der Waals surface area contributed by atoms with Crippen molar-refractivity contribution < 1.29 is 28.5 Å². The largest absolute Gasteiger partial charge is 0.493 e. The normalized spacial score (nSPS) is 15.5. The zero-order valence-electron chi connectivity index (χ0n) is 16.8. The highest BCUT2D eigenvalue weighted by molar-refractivity contribution is 5.70. The summed E-state index contributed by atoms with van der Waals surface area (Å²) in [5, 5.41) is 0. The third kappa shape index (κ3) is 3.40. The van der Waals surface area contributed by atoms with Gasteiger partial charge in [0, 0.05) is 6.54 Å². The van der Waals surface area contributed by atoms with Crippen molar-refractivity contribution in [3.8, 4) is 23.0 Å². The van der Waals surface area contributed by atoms with Crippen molar-refractivity contribution in [3.63, 3.8) is 0 Å². The van der Waals surface area contributed by atoms with E-state index < -0.39 is 0 Å². The zero-order chi connectivity index (χ0) is 20.3. The summed E-state index contributed by atoms with van der Waals surface area (Å²) in [6.07, 6.45) is 0.300. The van der Waals surface area contributed by atoms with Crippen LogP contribution in [0.1, 0.15) is 22.7 Å². The van der Waals surface area contributed by atoms with Crippen molar-refractivity contribution in [2.24, 2.45) is 0 Å². The molecule has 0 unspecified atom stereocenters. The minimum Gasteiger partial charge on any atom is -0.493 e. The first-order valence-corrected chi connectivity index (χ1v) is 8.89. The SMILES string of the molecule is COC(=O)N1CCc2cc(OC)c(OC)cc2[C@@H]1c1ccc(OC)c(OC)c1. The average Bonchev–Trinajstić information content (AvgIpc) is 2.75. The first-order valence-electron chi connectivity index (χ1n) is 8.89. The number of methoxy groups -OCH3 is 5. The van der Waals surface area contributed by atoms with Crippen molar-refractivity contribution in [3.05, 3.63) is 47.0 Å². The molecule has 0 radical (unpaired) electrons. The van der Waals surface area contributed by atoms with Gasteiger partial charge in [-0.15, -0.1) is 0 Å². The van der Waals surface area contributed by atoms with Crippen LogP contribution in [-0.2, 0) is 11.2 Å². The summed E-state index contributed by atoms with van der Waals surface area (Å²) < 4.78 is 26.8. The van der Waals surface area contributed by atoms with Gasteiger partial charge < -0.3 is 23.7 Å². The molecule has 150 valence electrons. The zero-order valence-corrected chi connectivity index (χ0v) is 16.8. The van der Waals surface area contributed by atoms with Gasteiger partial charge in [0.05, 0.1) is 41.6 Å². The molecule has 1 amide bonds. The molecule has 0 spiro atoms. The topological polar surface area (TPSA) is 66.5 Å². The van der Waals surface area contributed by atoms with E-state index in [0.29, 0.717) is 36.0 Å². The van der Waals surface area contributed by atoms with Crippen LogP contribution in [0.4, 0.5) is 4.79 Å². The molecule has 0 saturated carbocycles. The molecule has 1 aliphatic heterocycles. The number of nitrogens with zero attached hydrogens (tertiary/aromatic N) is 1. The maximum absolute atomic E-state index is 12.5. The van der Waals surface area contributed by atoms with E-state index in [0.717, 1.165) is 16.7 Å². The lowest BCUT2D eigenvalue weighted by Crippen LogP contribution is -2.40. The van der Waals surface area contributed by atoms with Crippen LogP contribution in [0.5, 0.6) is 23.0 Å². The van der Waals surface area contributed by atoms with E-state index in [1.807, 2.05) is 30.3 Å². The average molecular weight is 387 g/mol. The van der Waals surface area contributed by atoms with E-state index in [2.05, 4.69) is 0 Å². The quantitative estimate of drug-likeness (QED) is 0.783. The third-order valence-electron chi connectivity index (χ3n) is 5.01. The van der Waals surface area contributed by atoms with Crippen LogP contribution in [0.3, 0.4) is 0 Å². The summed E-state index contributed by atoms with van der Waals surface area (Å²) in [5.74, 6) is 2.49. The Morgan fingerprint density at radius 1 is 0.857 bits per heavy atom. The molecule has 1 atom stereocenters. The van der Waals surface area contributed by atoms with Gasteiger partial charge in [-0.2, -0.15) is 0 Å². The van der Waals surface area contributed by atoms with Crippen molar-refractivity contribution in [1.29, 1.82) is 0 Å². The van der Waals surface area contributed by atoms with Crippen LogP contribution >= 0.6 is 0 Å². The van der Waals surface area contributed by atoms with Crippen molar-refractivity contribution in [1.82, 2.24) is 4.90 Å². The van der Waals surface area contributed by atoms with Gasteiger partial charge in [0.1, 0.15) is 0 Å². The van der Waals surface area contributed by atoms with Gasteiger partial charge >= 0.3 is 6.09 Å². The first-order chi connectivity index (χ1) is 13.6. The predicted octanol–water partition coefficient (Wildman–Crippen LogP) is 3.43. The minimum absolute atomic E-state index is 0.351. The summed E-state index contributed by atoms with van der Waals surface area (Å²) >= 11 is 0. The number of hydrogen-bond donors (Lipinski definition) is 0. The molecule has 0 N–H and O–H groups in total. The van der Waals surface area contributed by atoms with Crippen LogP contribution in [0, 0.1) is 0 Å². The van der Waals surface area contributed by atoms with Gasteiger partial charge in [-0.05, 0) is 47.4 Å². The Morgan fingerprint density at radius 3 is 2.07 bits per heavy atom. The van der Waals surface area contributed by atoms with E-state index in [9.17, 15) is 4.79 Å². The number of amides is 1.